The van der Waals surface area contributed by atoms with Crippen LogP contribution in [-0.4, -0.2) is 18.1 Å². The zero-order valence-electron chi connectivity index (χ0n) is 12.0. The first kappa shape index (κ1) is 15.5. The number of aromatic nitrogens is 1. The van der Waals surface area contributed by atoms with Gasteiger partial charge in [-0.3, -0.25) is 9.78 Å². The molecule has 0 amide bonds. The first-order chi connectivity index (χ1) is 10.2. The van der Waals surface area contributed by atoms with Crippen molar-refractivity contribution in [1.82, 2.24) is 4.98 Å². The summed E-state index contributed by atoms with van der Waals surface area (Å²) in [7, 11) is 1.41. The highest BCUT2D eigenvalue weighted by Crippen LogP contribution is 2.28. The lowest BCUT2D eigenvalue weighted by atomic mass is 10.0. The van der Waals surface area contributed by atoms with Gasteiger partial charge >= 0.3 is 5.97 Å². The standard InChI is InChI=1S/C17H18ClNO2/c1-21-16(20)4-2-3-13-5-7-14(8-6-13)17(18)15-9-11-19-12-10-15/h5-12,17H,2-4H2,1H3. The Morgan fingerprint density at radius 2 is 1.76 bits per heavy atom. The number of methoxy groups -OCH3 is 1. The molecule has 1 aromatic heterocycles. The van der Waals surface area contributed by atoms with Gasteiger partial charge in [-0.25, -0.2) is 0 Å². The molecule has 0 bridgehead atoms. The highest BCUT2D eigenvalue weighted by Gasteiger charge is 2.10. The van der Waals surface area contributed by atoms with Crippen LogP contribution in [-0.2, 0) is 16.0 Å². The SMILES string of the molecule is COC(=O)CCCc1ccc(C(Cl)c2ccncc2)cc1. The number of hydrogen-bond acceptors (Lipinski definition) is 3. The maximum absolute atomic E-state index is 11.1. The molecule has 1 atom stereocenters. The van der Waals surface area contributed by atoms with Crippen LogP contribution in [0.1, 0.15) is 34.9 Å². The molecule has 1 unspecified atom stereocenters. The molecule has 0 aliphatic rings. The molecule has 0 saturated heterocycles. The van der Waals surface area contributed by atoms with Crippen LogP contribution in [0.25, 0.3) is 0 Å². The molecule has 4 heteroatoms. The van der Waals surface area contributed by atoms with Crippen molar-refractivity contribution in [3.63, 3.8) is 0 Å². The number of hydrogen-bond donors (Lipinski definition) is 0. The Morgan fingerprint density at radius 1 is 1.14 bits per heavy atom. The second-order valence-corrected chi connectivity index (χ2v) is 5.25. The van der Waals surface area contributed by atoms with E-state index in [1.807, 2.05) is 24.3 Å². The fourth-order valence-electron chi connectivity index (χ4n) is 2.12. The van der Waals surface area contributed by atoms with E-state index >= 15 is 0 Å². The zero-order chi connectivity index (χ0) is 15.1. The highest BCUT2D eigenvalue weighted by molar-refractivity contribution is 6.22. The van der Waals surface area contributed by atoms with E-state index in [4.69, 9.17) is 11.6 Å². The minimum atomic E-state index is -0.169. The summed E-state index contributed by atoms with van der Waals surface area (Å²) >= 11 is 6.46. The fourth-order valence-corrected chi connectivity index (χ4v) is 2.41. The van der Waals surface area contributed by atoms with Crippen molar-refractivity contribution >= 4 is 17.6 Å². The van der Waals surface area contributed by atoms with E-state index in [-0.39, 0.29) is 11.3 Å². The van der Waals surface area contributed by atoms with E-state index in [0.717, 1.165) is 24.0 Å². The molecule has 2 rings (SSSR count). The van der Waals surface area contributed by atoms with Gasteiger partial charge in [-0.15, -0.1) is 11.6 Å². The Kier molecular flexibility index (Phi) is 5.76. The van der Waals surface area contributed by atoms with Gasteiger partial charge in [-0.05, 0) is 41.7 Å². The van der Waals surface area contributed by atoms with Gasteiger partial charge in [0.15, 0.2) is 0 Å². The third-order valence-electron chi connectivity index (χ3n) is 3.35. The molecule has 110 valence electrons. The van der Waals surface area contributed by atoms with Crippen molar-refractivity contribution in [3.05, 3.63) is 65.5 Å². The molecule has 0 aliphatic carbocycles. The van der Waals surface area contributed by atoms with Crippen LogP contribution in [0.2, 0.25) is 0 Å². The topological polar surface area (TPSA) is 39.2 Å². The summed E-state index contributed by atoms with van der Waals surface area (Å²) in [4.78, 5) is 15.1. The smallest absolute Gasteiger partial charge is 0.305 e. The highest BCUT2D eigenvalue weighted by atomic mass is 35.5. The molecule has 0 spiro atoms. The van der Waals surface area contributed by atoms with Crippen LogP contribution in [0, 0.1) is 0 Å². The number of esters is 1. The molecule has 1 aromatic carbocycles. The van der Waals surface area contributed by atoms with Crippen LogP contribution in [0.5, 0.6) is 0 Å². The van der Waals surface area contributed by atoms with Gasteiger partial charge in [0.2, 0.25) is 0 Å². The molecular formula is C17H18ClNO2. The van der Waals surface area contributed by atoms with Gasteiger partial charge in [-0.2, -0.15) is 0 Å². The van der Waals surface area contributed by atoms with Gasteiger partial charge in [0.1, 0.15) is 0 Å². The monoisotopic (exact) mass is 303 g/mol. The van der Waals surface area contributed by atoms with Gasteiger partial charge in [0.25, 0.3) is 0 Å². The minimum Gasteiger partial charge on any atom is -0.469 e. The second kappa shape index (κ2) is 7.79. The third-order valence-corrected chi connectivity index (χ3v) is 3.85. The third kappa shape index (κ3) is 4.57. The average molecular weight is 304 g/mol. The van der Waals surface area contributed by atoms with Crippen LogP contribution >= 0.6 is 11.6 Å². The first-order valence-electron chi connectivity index (χ1n) is 6.90. The van der Waals surface area contributed by atoms with Crippen molar-refractivity contribution in [1.29, 1.82) is 0 Å². The van der Waals surface area contributed by atoms with Crippen molar-refractivity contribution in [2.75, 3.05) is 7.11 Å². The Labute approximate surface area is 129 Å². The summed E-state index contributed by atoms with van der Waals surface area (Å²) in [6.45, 7) is 0. The summed E-state index contributed by atoms with van der Waals surface area (Å²) in [5, 5.41) is -0.169. The van der Waals surface area contributed by atoms with Gasteiger partial charge in [-0.1, -0.05) is 24.3 Å². The molecule has 0 aliphatic heterocycles. The van der Waals surface area contributed by atoms with E-state index in [0.29, 0.717) is 6.42 Å². The maximum Gasteiger partial charge on any atom is 0.305 e. The van der Waals surface area contributed by atoms with Crippen molar-refractivity contribution in [3.8, 4) is 0 Å². The summed E-state index contributed by atoms with van der Waals surface area (Å²) in [6.07, 6.45) is 5.59. The number of carbonyl (C=O) groups is 1. The largest absolute Gasteiger partial charge is 0.469 e. The predicted molar refractivity (Wildman–Crippen MR) is 83.3 cm³/mol. The van der Waals surface area contributed by atoms with Crippen molar-refractivity contribution in [2.24, 2.45) is 0 Å². The molecule has 2 aromatic rings. The number of halogens is 1. The van der Waals surface area contributed by atoms with Crippen LogP contribution in [0.4, 0.5) is 0 Å². The lowest BCUT2D eigenvalue weighted by Gasteiger charge is -2.10. The van der Waals surface area contributed by atoms with Crippen LogP contribution in [0.3, 0.4) is 0 Å². The normalized spacial score (nSPS) is 11.9. The number of aryl methyl sites for hydroxylation is 1. The van der Waals surface area contributed by atoms with E-state index in [2.05, 4.69) is 21.9 Å². The number of alkyl halides is 1. The molecular weight excluding hydrogens is 286 g/mol. The predicted octanol–water partition coefficient (Wildman–Crippen LogP) is 3.91. The van der Waals surface area contributed by atoms with Crippen LogP contribution < -0.4 is 0 Å². The quantitative estimate of drug-likeness (QED) is 0.600. The lowest BCUT2D eigenvalue weighted by molar-refractivity contribution is -0.140. The number of rotatable bonds is 6. The molecule has 3 nitrogen and oxygen atoms in total. The lowest BCUT2D eigenvalue weighted by Crippen LogP contribution is -2.00. The summed E-state index contributed by atoms with van der Waals surface area (Å²) in [5.74, 6) is -0.162. The van der Waals surface area contributed by atoms with E-state index in [1.165, 1.54) is 12.7 Å². The average Bonchev–Trinajstić information content (AvgIpc) is 2.55. The zero-order valence-corrected chi connectivity index (χ0v) is 12.7. The van der Waals surface area contributed by atoms with Crippen molar-refractivity contribution < 1.29 is 9.53 Å². The van der Waals surface area contributed by atoms with E-state index in [1.54, 1.807) is 12.4 Å². The Morgan fingerprint density at radius 3 is 2.38 bits per heavy atom. The number of benzene rings is 1. The summed E-state index contributed by atoms with van der Waals surface area (Å²) in [5.41, 5.74) is 3.28. The number of pyridine rings is 1. The molecule has 1 heterocycles. The van der Waals surface area contributed by atoms with Gasteiger partial charge in [0.05, 0.1) is 12.5 Å². The first-order valence-corrected chi connectivity index (χ1v) is 7.34. The molecule has 0 saturated carbocycles. The second-order valence-electron chi connectivity index (χ2n) is 4.81. The van der Waals surface area contributed by atoms with Crippen molar-refractivity contribution in [2.45, 2.75) is 24.6 Å². The Balaban J connectivity index is 1.94. The van der Waals surface area contributed by atoms with Gasteiger partial charge < -0.3 is 4.74 Å². The van der Waals surface area contributed by atoms with Gasteiger partial charge in [0, 0.05) is 18.8 Å². The summed E-state index contributed by atoms with van der Waals surface area (Å²) < 4.78 is 4.63. The molecule has 21 heavy (non-hydrogen) atoms. The Hall–Kier alpha value is -1.87. The number of nitrogens with zero attached hydrogens (tertiary/aromatic N) is 1. The number of ether oxygens (including phenoxy) is 1. The molecule has 0 N–H and O–H groups in total. The Bertz CT molecular complexity index is 569. The fraction of sp³-hybridized carbons (Fsp3) is 0.294. The summed E-state index contributed by atoms with van der Waals surface area (Å²) in [6, 6.07) is 12.0. The van der Waals surface area contributed by atoms with Crippen LogP contribution in [0.15, 0.2) is 48.8 Å². The van der Waals surface area contributed by atoms with E-state index in [9.17, 15) is 4.79 Å². The molecule has 0 fully saturated rings. The molecule has 0 radical (unpaired) electrons. The maximum atomic E-state index is 11.1. The number of carbonyl (C=O) groups excluding carboxylic acids is 1. The van der Waals surface area contributed by atoms with E-state index < -0.39 is 0 Å². The minimum absolute atomic E-state index is 0.162.